The summed E-state index contributed by atoms with van der Waals surface area (Å²) in [6.45, 7) is 4.01. The molecule has 0 bridgehead atoms. The Morgan fingerprint density at radius 2 is 2.16 bits per heavy atom. The Labute approximate surface area is 122 Å². The van der Waals surface area contributed by atoms with Crippen LogP contribution in [0, 0.1) is 6.92 Å². The number of nitrogens with two attached hydrogens (primary N) is 1. The number of hydrogen-bond donors (Lipinski definition) is 1. The van der Waals surface area contributed by atoms with Crippen molar-refractivity contribution in [2.75, 3.05) is 5.73 Å². The molecule has 0 aromatic carbocycles. The maximum Gasteiger partial charge on any atom is 0.222 e. The summed E-state index contributed by atoms with van der Waals surface area (Å²) in [5, 5.41) is 1.91. The minimum absolute atomic E-state index is 0.306. The fraction of sp³-hybridized carbons (Fsp3) is 0.273. The lowest BCUT2D eigenvalue weighted by molar-refractivity contribution is 1.09. The minimum atomic E-state index is 0.306. The highest BCUT2D eigenvalue weighted by Gasteiger charge is 2.13. The van der Waals surface area contributed by atoms with Crippen LogP contribution in [-0.2, 0) is 6.42 Å². The summed E-state index contributed by atoms with van der Waals surface area (Å²) in [7, 11) is 0. The summed E-state index contributed by atoms with van der Waals surface area (Å²) >= 11 is 4.54. The van der Waals surface area contributed by atoms with E-state index in [1.165, 1.54) is 28.2 Å². The van der Waals surface area contributed by atoms with Crippen LogP contribution in [0.25, 0.3) is 10.2 Å². The van der Waals surface area contributed by atoms with E-state index < -0.39 is 0 Å². The monoisotopic (exact) mass is 309 g/mol. The van der Waals surface area contributed by atoms with E-state index in [9.17, 15) is 0 Å². The van der Waals surface area contributed by atoms with Crippen molar-refractivity contribution in [2.24, 2.45) is 0 Å². The number of fused-ring (bicyclic) bond motifs is 1. The highest BCUT2D eigenvalue weighted by Crippen LogP contribution is 2.36. The van der Waals surface area contributed by atoms with Crippen molar-refractivity contribution in [1.29, 1.82) is 0 Å². The van der Waals surface area contributed by atoms with Gasteiger partial charge in [0.25, 0.3) is 0 Å². The Morgan fingerprint density at radius 1 is 1.32 bits per heavy atom. The van der Waals surface area contributed by atoms with Gasteiger partial charge in [-0.15, -0.1) is 11.3 Å². The third-order valence-electron chi connectivity index (χ3n) is 2.47. The van der Waals surface area contributed by atoms with Gasteiger partial charge in [0, 0.05) is 10.3 Å². The standard InChI is InChI=1S/C11H11N5S3/c1-3-6-4-7-8(17-6)14-10(12)15-9(7)18-11-13-5(2)16-19-11/h4H,3H2,1-2H3,(H2,12,14,15). The van der Waals surface area contributed by atoms with Gasteiger partial charge in [0.15, 0.2) is 4.34 Å². The molecule has 0 aliphatic heterocycles. The molecule has 0 radical (unpaired) electrons. The number of nitrogens with zero attached hydrogens (tertiary/aromatic N) is 4. The first-order valence-corrected chi connectivity index (χ1v) is 8.10. The molecular weight excluding hydrogens is 298 g/mol. The van der Waals surface area contributed by atoms with Gasteiger partial charge < -0.3 is 5.73 Å². The molecular formula is C11H11N5S3. The van der Waals surface area contributed by atoms with Crippen LogP contribution in [-0.4, -0.2) is 19.3 Å². The van der Waals surface area contributed by atoms with Gasteiger partial charge in [-0.25, -0.2) is 15.0 Å². The van der Waals surface area contributed by atoms with Crippen molar-refractivity contribution < 1.29 is 0 Å². The van der Waals surface area contributed by atoms with E-state index in [1.54, 1.807) is 11.3 Å². The van der Waals surface area contributed by atoms with Gasteiger partial charge in [0.2, 0.25) is 5.95 Å². The number of nitrogen functional groups attached to an aromatic ring is 1. The zero-order chi connectivity index (χ0) is 13.4. The molecule has 2 N–H and O–H groups in total. The van der Waals surface area contributed by atoms with Crippen LogP contribution in [0.1, 0.15) is 17.6 Å². The van der Waals surface area contributed by atoms with Gasteiger partial charge in [0.1, 0.15) is 15.7 Å². The van der Waals surface area contributed by atoms with Gasteiger partial charge in [-0.05, 0) is 42.7 Å². The summed E-state index contributed by atoms with van der Waals surface area (Å²) in [5.74, 6) is 1.09. The zero-order valence-electron chi connectivity index (χ0n) is 10.4. The SMILES string of the molecule is CCc1cc2c(Sc3nc(C)ns3)nc(N)nc2s1. The van der Waals surface area contributed by atoms with Gasteiger partial charge in [0.05, 0.1) is 0 Å². The Balaban J connectivity index is 2.08. The van der Waals surface area contributed by atoms with Crippen LogP contribution in [0.4, 0.5) is 5.95 Å². The van der Waals surface area contributed by atoms with E-state index >= 15 is 0 Å². The van der Waals surface area contributed by atoms with E-state index in [-0.39, 0.29) is 0 Å². The first kappa shape index (κ1) is 12.8. The average Bonchev–Trinajstić information content (AvgIpc) is 2.95. The summed E-state index contributed by atoms with van der Waals surface area (Å²) in [4.78, 5) is 15.2. The molecule has 0 saturated carbocycles. The number of rotatable bonds is 3. The largest absolute Gasteiger partial charge is 0.368 e. The predicted molar refractivity (Wildman–Crippen MR) is 80.0 cm³/mol. The number of aryl methyl sites for hydroxylation is 2. The van der Waals surface area contributed by atoms with Crippen molar-refractivity contribution in [3.05, 3.63) is 16.8 Å². The Kier molecular flexibility index (Phi) is 3.38. The summed E-state index contributed by atoms with van der Waals surface area (Å²) in [6, 6.07) is 2.13. The van der Waals surface area contributed by atoms with E-state index in [2.05, 4.69) is 32.3 Å². The first-order valence-electron chi connectivity index (χ1n) is 5.70. The van der Waals surface area contributed by atoms with Crippen molar-refractivity contribution in [1.82, 2.24) is 19.3 Å². The molecule has 3 aromatic heterocycles. The molecule has 0 saturated heterocycles. The van der Waals surface area contributed by atoms with Crippen molar-refractivity contribution in [3.8, 4) is 0 Å². The second-order valence-electron chi connectivity index (χ2n) is 3.88. The Morgan fingerprint density at radius 3 is 2.84 bits per heavy atom. The van der Waals surface area contributed by atoms with Crippen molar-refractivity contribution >= 4 is 50.8 Å². The van der Waals surface area contributed by atoms with Crippen LogP contribution in [0.3, 0.4) is 0 Å². The summed E-state index contributed by atoms with van der Waals surface area (Å²) in [6.07, 6.45) is 0.989. The topological polar surface area (TPSA) is 77.6 Å². The van der Waals surface area contributed by atoms with Gasteiger partial charge >= 0.3 is 0 Å². The molecule has 0 atom stereocenters. The number of aromatic nitrogens is 4. The molecule has 0 spiro atoms. The number of hydrogen-bond acceptors (Lipinski definition) is 8. The lowest BCUT2D eigenvalue weighted by Gasteiger charge is -1.99. The molecule has 0 aliphatic rings. The molecule has 0 unspecified atom stereocenters. The van der Waals surface area contributed by atoms with Crippen LogP contribution in [0.15, 0.2) is 15.4 Å². The maximum atomic E-state index is 5.77. The molecule has 3 heterocycles. The molecule has 0 aliphatic carbocycles. The predicted octanol–water partition coefficient (Wildman–Crippen LogP) is 3.15. The third-order valence-corrected chi connectivity index (χ3v) is 5.49. The van der Waals surface area contributed by atoms with Crippen molar-refractivity contribution in [2.45, 2.75) is 29.6 Å². The minimum Gasteiger partial charge on any atom is -0.368 e. The second-order valence-corrected chi connectivity index (χ2v) is 6.98. The molecule has 3 rings (SSSR count). The van der Waals surface area contributed by atoms with Gasteiger partial charge in [-0.2, -0.15) is 4.37 Å². The maximum absolute atomic E-state index is 5.77. The fourth-order valence-corrected chi connectivity index (χ4v) is 4.32. The highest BCUT2D eigenvalue weighted by atomic mass is 32.2. The average molecular weight is 309 g/mol. The van der Waals surface area contributed by atoms with Crippen molar-refractivity contribution in [3.63, 3.8) is 0 Å². The lowest BCUT2D eigenvalue weighted by atomic mass is 10.3. The summed E-state index contributed by atoms with van der Waals surface area (Å²) in [5.41, 5.74) is 5.77. The van der Waals surface area contributed by atoms with Crippen LogP contribution >= 0.6 is 34.6 Å². The number of thiophene rings is 1. The van der Waals surface area contributed by atoms with E-state index in [1.807, 2.05) is 6.92 Å². The highest BCUT2D eigenvalue weighted by molar-refractivity contribution is 8.01. The van der Waals surface area contributed by atoms with Crippen LogP contribution in [0.2, 0.25) is 0 Å². The van der Waals surface area contributed by atoms with E-state index in [0.717, 1.165) is 31.8 Å². The quantitative estimate of drug-likeness (QED) is 0.749. The van der Waals surface area contributed by atoms with Crippen LogP contribution < -0.4 is 5.73 Å². The smallest absolute Gasteiger partial charge is 0.222 e. The summed E-state index contributed by atoms with van der Waals surface area (Å²) < 4.78 is 5.05. The lowest BCUT2D eigenvalue weighted by Crippen LogP contribution is -1.95. The number of anilines is 1. The second kappa shape index (κ2) is 5.03. The zero-order valence-corrected chi connectivity index (χ0v) is 12.8. The Hall–Kier alpha value is -1.25. The molecule has 3 aromatic rings. The van der Waals surface area contributed by atoms with Gasteiger partial charge in [-0.1, -0.05) is 6.92 Å². The molecule has 8 heteroatoms. The van der Waals surface area contributed by atoms with E-state index in [0.29, 0.717) is 5.95 Å². The molecule has 0 amide bonds. The Bertz CT molecular complexity index is 733. The van der Waals surface area contributed by atoms with E-state index in [4.69, 9.17) is 5.73 Å². The normalized spacial score (nSPS) is 11.3. The molecule has 98 valence electrons. The molecule has 0 fully saturated rings. The molecule has 19 heavy (non-hydrogen) atoms. The molecule has 5 nitrogen and oxygen atoms in total. The fourth-order valence-electron chi connectivity index (χ4n) is 1.62. The third kappa shape index (κ3) is 2.56. The van der Waals surface area contributed by atoms with Crippen LogP contribution in [0.5, 0.6) is 0 Å². The first-order chi connectivity index (χ1) is 9.15. The van der Waals surface area contributed by atoms with Gasteiger partial charge in [-0.3, -0.25) is 0 Å².